The molecule has 0 aliphatic carbocycles. The first kappa shape index (κ1) is 12.5. The van der Waals surface area contributed by atoms with Crippen molar-refractivity contribution in [3.8, 4) is 0 Å². The van der Waals surface area contributed by atoms with E-state index in [2.05, 4.69) is 10.2 Å². The third-order valence-corrected chi connectivity index (χ3v) is 3.06. The van der Waals surface area contributed by atoms with Crippen LogP contribution < -0.4 is 0 Å². The third kappa shape index (κ3) is 2.47. The molecule has 0 radical (unpaired) electrons. The molecule has 1 aromatic rings. The molecule has 0 spiro atoms. The summed E-state index contributed by atoms with van der Waals surface area (Å²) in [5.74, 6) is -1.30. The van der Waals surface area contributed by atoms with Crippen molar-refractivity contribution < 1.29 is 14.7 Å². The van der Waals surface area contributed by atoms with Crippen LogP contribution in [0.3, 0.4) is 0 Å². The summed E-state index contributed by atoms with van der Waals surface area (Å²) in [5, 5.41) is 16.6. The van der Waals surface area contributed by atoms with Crippen LogP contribution in [0, 0.1) is 6.92 Å². The molecule has 1 aliphatic rings. The molecule has 18 heavy (non-hydrogen) atoms. The fraction of sp³-hybridized carbons (Fsp3) is 0.500. The van der Waals surface area contributed by atoms with Gasteiger partial charge in [-0.2, -0.15) is 5.10 Å². The van der Waals surface area contributed by atoms with Crippen LogP contribution in [0.25, 0.3) is 0 Å². The normalized spacial score (nSPS) is 19.6. The van der Waals surface area contributed by atoms with Gasteiger partial charge in [-0.25, -0.2) is 4.79 Å². The average Bonchev–Trinajstić information content (AvgIpc) is 2.38. The highest BCUT2D eigenvalue weighted by atomic mass is 16.4. The maximum absolute atomic E-state index is 12.2. The average molecular weight is 249 g/mol. The van der Waals surface area contributed by atoms with Gasteiger partial charge in [0.2, 0.25) is 0 Å². The molecule has 1 aromatic heterocycles. The van der Waals surface area contributed by atoms with Crippen LogP contribution >= 0.6 is 0 Å². The first-order chi connectivity index (χ1) is 8.59. The van der Waals surface area contributed by atoms with Crippen molar-refractivity contribution in [1.29, 1.82) is 0 Å². The minimum Gasteiger partial charge on any atom is -0.480 e. The van der Waals surface area contributed by atoms with E-state index in [1.807, 2.05) is 6.92 Å². The number of rotatable bonds is 2. The number of likely N-dealkylation sites (tertiary alicyclic amines) is 1. The maximum Gasteiger partial charge on any atom is 0.326 e. The molecular formula is C12H15N3O3. The molecule has 6 nitrogen and oxygen atoms in total. The quantitative estimate of drug-likeness (QED) is 0.840. The highest BCUT2D eigenvalue weighted by Crippen LogP contribution is 2.19. The zero-order valence-corrected chi connectivity index (χ0v) is 10.2. The second kappa shape index (κ2) is 5.12. The molecule has 1 unspecified atom stereocenters. The molecule has 0 saturated carbocycles. The molecular weight excluding hydrogens is 234 g/mol. The number of carbonyl (C=O) groups excluding carboxylic acids is 1. The van der Waals surface area contributed by atoms with Crippen molar-refractivity contribution in [2.45, 2.75) is 32.2 Å². The number of amides is 1. The van der Waals surface area contributed by atoms with Crippen molar-refractivity contribution in [3.05, 3.63) is 23.5 Å². The van der Waals surface area contributed by atoms with E-state index in [9.17, 15) is 9.59 Å². The first-order valence-electron chi connectivity index (χ1n) is 5.92. The largest absolute Gasteiger partial charge is 0.480 e. The highest BCUT2D eigenvalue weighted by molar-refractivity contribution is 5.95. The van der Waals surface area contributed by atoms with Crippen LogP contribution in [0.4, 0.5) is 0 Å². The first-order valence-corrected chi connectivity index (χ1v) is 5.92. The highest BCUT2D eigenvalue weighted by Gasteiger charge is 2.33. The van der Waals surface area contributed by atoms with Gasteiger partial charge in [-0.1, -0.05) is 0 Å². The Bertz CT molecular complexity index is 475. The van der Waals surface area contributed by atoms with E-state index in [0.717, 1.165) is 18.4 Å². The molecule has 2 heterocycles. The molecule has 1 fully saturated rings. The second-order valence-corrected chi connectivity index (χ2v) is 4.47. The predicted octanol–water partition coefficient (Wildman–Crippen LogP) is 0.864. The van der Waals surface area contributed by atoms with E-state index >= 15 is 0 Å². The number of carboxylic acids is 1. The van der Waals surface area contributed by atoms with Crippen LogP contribution in [0.15, 0.2) is 12.3 Å². The summed E-state index contributed by atoms with van der Waals surface area (Å²) < 4.78 is 0. The summed E-state index contributed by atoms with van der Waals surface area (Å²) in [5.41, 5.74) is 1.04. The Morgan fingerprint density at radius 2 is 2.22 bits per heavy atom. The van der Waals surface area contributed by atoms with E-state index in [1.165, 1.54) is 4.90 Å². The number of carboxylic acid groups (broad SMARTS) is 1. The van der Waals surface area contributed by atoms with Crippen molar-refractivity contribution in [2.75, 3.05) is 6.54 Å². The lowest BCUT2D eigenvalue weighted by Crippen LogP contribution is -2.48. The summed E-state index contributed by atoms with van der Waals surface area (Å²) >= 11 is 0. The molecule has 1 aliphatic heterocycles. The van der Waals surface area contributed by atoms with Crippen LogP contribution in [-0.2, 0) is 4.79 Å². The molecule has 96 valence electrons. The van der Waals surface area contributed by atoms with E-state index in [0.29, 0.717) is 13.0 Å². The summed E-state index contributed by atoms with van der Waals surface area (Å²) in [6.07, 6.45) is 3.72. The molecule has 1 amide bonds. The van der Waals surface area contributed by atoms with Crippen molar-refractivity contribution >= 4 is 11.9 Å². The smallest absolute Gasteiger partial charge is 0.326 e. The van der Waals surface area contributed by atoms with E-state index < -0.39 is 12.0 Å². The molecule has 1 N–H and O–H groups in total. The second-order valence-electron chi connectivity index (χ2n) is 4.47. The molecule has 0 bridgehead atoms. The molecule has 1 atom stereocenters. The van der Waals surface area contributed by atoms with Gasteiger partial charge >= 0.3 is 5.97 Å². The lowest BCUT2D eigenvalue weighted by molar-refractivity contribution is -0.143. The number of aliphatic carboxylic acids is 1. The van der Waals surface area contributed by atoms with Gasteiger partial charge in [-0.05, 0) is 37.8 Å². The molecule has 2 rings (SSSR count). The van der Waals surface area contributed by atoms with Crippen molar-refractivity contribution in [2.24, 2.45) is 0 Å². The third-order valence-electron chi connectivity index (χ3n) is 3.06. The van der Waals surface area contributed by atoms with Gasteiger partial charge in [-0.3, -0.25) is 4.79 Å². The number of aryl methyl sites for hydroxylation is 1. The number of hydrogen-bond donors (Lipinski definition) is 1. The minimum atomic E-state index is -0.955. The topological polar surface area (TPSA) is 83.4 Å². The molecule has 1 saturated heterocycles. The zero-order chi connectivity index (χ0) is 13.1. The lowest BCUT2D eigenvalue weighted by Gasteiger charge is -2.32. The minimum absolute atomic E-state index is 0.211. The van der Waals surface area contributed by atoms with E-state index in [1.54, 1.807) is 12.3 Å². The number of piperidine rings is 1. The molecule has 6 heteroatoms. The summed E-state index contributed by atoms with van der Waals surface area (Å²) in [6.45, 7) is 2.28. The maximum atomic E-state index is 12.2. The van der Waals surface area contributed by atoms with E-state index in [4.69, 9.17) is 5.11 Å². The van der Waals surface area contributed by atoms with Crippen LogP contribution in [0.1, 0.15) is 35.3 Å². The Morgan fingerprint density at radius 3 is 2.89 bits per heavy atom. The van der Waals surface area contributed by atoms with Gasteiger partial charge in [-0.15, -0.1) is 5.10 Å². The number of nitrogens with zero attached hydrogens (tertiary/aromatic N) is 3. The van der Waals surface area contributed by atoms with Gasteiger partial charge in [0.25, 0.3) is 5.91 Å². The Kier molecular flexibility index (Phi) is 3.55. The van der Waals surface area contributed by atoms with Gasteiger partial charge in [0.1, 0.15) is 6.04 Å². The SMILES string of the molecule is Cc1cnnc(C(=O)N2CCCCC2C(=O)O)c1. The number of aromatic nitrogens is 2. The zero-order valence-electron chi connectivity index (χ0n) is 10.2. The summed E-state index contributed by atoms with van der Waals surface area (Å²) in [7, 11) is 0. The fourth-order valence-corrected chi connectivity index (χ4v) is 2.15. The van der Waals surface area contributed by atoms with Gasteiger partial charge in [0, 0.05) is 6.54 Å². The fourth-order valence-electron chi connectivity index (χ4n) is 2.15. The Labute approximate surface area is 105 Å². The van der Waals surface area contributed by atoms with Crippen LogP contribution in [0.2, 0.25) is 0 Å². The van der Waals surface area contributed by atoms with Gasteiger partial charge in [0.05, 0.1) is 6.20 Å². The van der Waals surface area contributed by atoms with Crippen LogP contribution in [0.5, 0.6) is 0 Å². The Morgan fingerprint density at radius 1 is 1.44 bits per heavy atom. The predicted molar refractivity (Wildman–Crippen MR) is 63.1 cm³/mol. The Balaban J connectivity index is 2.23. The number of carbonyl (C=O) groups is 2. The van der Waals surface area contributed by atoms with Crippen molar-refractivity contribution in [1.82, 2.24) is 15.1 Å². The van der Waals surface area contributed by atoms with Gasteiger partial charge < -0.3 is 10.0 Å². The monoisotopic (exact) mass is 249 g/mol. The standard InChI is InChI=1S/C12H15N3O3/c1-8-6-9(14-13-7-8)11(16)15-5-3-2-4-10(15)12(17)18/h6-7,10H,2-5H2,1H3,(H,17,18). The van der Waals surface area contributed by atoms with Crippen LogP contribution in [-0.4, -0.2) is 44.7 Å². The Hall–Kier alpha value is -1.98. The summed E-state index contributed by atoms with van der Waals surface area (Å²) in [6, 6.07) is 0.886. The van der Waals surface area contributed by atoms with E-state index in [-0.39, 0.29) is 11.6 Å². The summed E-state index contributed by atoms with van der Waals surface area (Å²) in [4.78, 5) is 24.7. The molecule has 0 aromatic carbocycles. The number of hydrogen-bond acceptors (Lipinski definition) is 4. The lowest BCUT2D eigenvalue weighted by atomic mass is 10.0. The van der Waals surface area contributed by atoms with Crippen molar-refractivity contribution in [3.63, 3.8) is 0 Å². The van der Waals surface area contributed by atoms with Gasteiger partial charge in [0.15, 0.2) is 5.69 Å².